The summed E-state index contributed by atoms with van der Waals surface area (Å²) >= 11 is 1.44. The molecule has 0 saturated heterocycles. The Morgan fingerprint density at radius 2 is 1.71 bits per heavy atom. The molecule has 2 amide bonds. The third-order valence-corrected chi connectivity index (χ3v) is 5.85. The zero-order valence-corrected chi connectivity index (χ0v) is 18.7. The Kier molecular flexibility index (Phi) is 5.65. The van der Waals surface area contributed by atoms with Crippen molar-refractivity contribution in [3.8, 4) is 5.75 Å². The summed E-state index contributed by atoms with van der Waals surface area (Å²) in [7, 11) is 0. The van der Waals surface area contributed by atoms with Gasteiger partial charge in [0.25, 0.3) is 11.8 Å². The largest absolute Gasteiger partial charge is 0.491 e. The summed E-state index contributed by atoms with van der Waals surface area (Å²) in [5.41, 5.74) is 4.14. The zero-order chi connectivity index (χ0) is 22.1. The van der Waals surface area contributed by atoms with E-state index in [1.54, 1.807) is 24.3 Å². The molecule has 5 nitrogen and oxygen atoms in total. The predicted octanol–water partition coefficient (Wildman–Crippen LogP) is 5.55. The van der Waals surface area contributed by atoms with Crippen LogP contribution in [0.5, 0.6) is 5.75 Å². The molecule has 1 aromatic heterocycles. The second-order valence-corrected chi connectivity index (χ2v) is 8.72. The number of nitrogens with one attached hydrogen (secondary N) is 1. The van der Waals surface area contributed by atoms with Crippen LogP contribution in [0.15, 0.2) is 65.7 Å². The number of rotatable bonds is 6. The first-order valence-electron chi connectivity index (χ1n) is 10.1. The summed E-state index contributed by atoms with van der Waals surface area (Å²) < 4.78 is 5.68. The van der Waals surface area contributed by atoms with Crippen LogP contribution >= 0.6 is 11.3 Å². The van der Waals surface area contributed by atoms with E-state index in [2.05, 4.69) is 5.32 Å². The molecule has 0 aliphatic carbocycles. The van der Waals surface area contributed by atoms with Crippen molar-refractivity contribution in [3.05, 3.63) is 81.7 Å². The third-order valence-electron chi connectivity index (χ3n) is 4.96. The molecule has 0 atom stereocenters. The Labute approximate surface area is 186 Å². The van der Waals surface area contributed by atoms with Gasteiger partial charge in [0.1, 0.15) is 11.4 Å². The van der Waals surface area contributed by atoms with Crippen molar-refractivity contribution >= 4 is 40.1 Å². The van der Waals surface area contributed by atoms with Crippen LogP contribution in [0.3, 0.4) is 0 Å². The Balaban J connectivity index is 1.72. The van der Waals surface area contributed by atoms with Crippen LogP contribution in [-0.2, 0) is 9.59 Å². The average molecular weight is 433 g/mol. The smallest absolute Gasteiger partial charge is 0.282 e. The van der Waals surface area contributed by atoms with E-state index < -0.39 is 0 Å². The van der Waals surface area contributed by atoms with Crippen molar-refractivity contribution in [2.45, 2.75) is 33.8 Å². The molecule has 0 fully saturated rings. The van der Waals surface area contributed by atoms with Gasteiger partial charge in [0, 0.05) is 10.6 Å². The number of thiophene rings is 1. The van der Waals surface area contributed by atoms with Crippen LogP contribution in [0.4, 0.5) is 11.4 Å². The first-order valence-corrected chi connectivity index (χ1v) is 11.0. The second kappa shape index (κ2) is 8.40. The fraction of sp³-hybridized carbons (Fsp3) is 0.200. The van der Waals surface area contributed by atoms with Crippen molar-refractivity contribution < 1.29 is 14.3 Å². The maximum atomic E-state index is 13.4. The molecule has 1 N–H and O–H groups in total. The number of amides is 2. The van der Waals surface area contributed by atoms with Crippen molar-refractivity contribution in [1.82, 2.24) is 0 Å². The Morgan fingerprint density at radius 1 is 0.968 bits per heavy atom. The Morgan fingerprint density at radius 3 is 2.32 bits per heavy atom. The molecular formula is C25H24N2O3S. The van der Waals surface area contributed by atoms with Gasteiger partial charge in [-0.05, 0) is 75.0 Å². The number of carbonyl (C=O) groups excluding carboxylic acids is 2. The highest BCUT2D eigenvalue weighted by Gasteiger charge is 2.40. The average Bonchev–Trinajstić information content (AvgIpc) is 3.31. The lowest BCUT2D eigenvalue weighted by Crippen LogP contribution is -2.32. The molecule has 158 valence electrons. The quantitative estimate of drug-likeness (QED) is 0.519. The molecule has 0 unspecified atom stereocenters. The van der Waals surface area contributed by atoms with E-state index in [1.165, 1.54) is 16.2 Å². The number of hydrogen-bond donors (Lipinski definition) is 1. The van der Waals surface area contributed by atoms with Gasteiger partial charge < -0.3 is 10.1 Å². The molecule has 31 heavy (non-hydrogen) atoms. The molecule has 1 aliphatic rings. The lowest BCUT2D eigenvalue weighted by molar-refractivity contribution is -0.120. The van der Waals surface area contributed by atoms with Crippen LogP contribution in [0, 0.1) is 13.8 Å². The standard InChI is InChI=1S/C25H24N2O3S/c1-15(2)30-19-10-8-18(9-11-19)27-24(28)22(21-6-5-13-31-21)23(25(27)29)26-20-12-7-16(3)14-17(20)4/h5-15,26H,1-4H3. The van der Waals surface area contributed by atoms with Gasteiger partial charge in [-0.25, -0.2) is 4.90 Å². The van der Waals surface area contributed by atoms with Gasteiger partial charge in [-0.3, -0.25) is 9.59 Å². The Hall–Kier alpha value is -3.38. The number of hydrogen-bond acceptors (Lipinski definition) is 5. The number of carbonyl (C=O) groups is 2. The van der Waals surface area contributed by atoms with Gasteiger partial charge >= 0.3 is 0 Å². The number of benzene rings is 2. The minimum Gasteiger partial charge on any atom is -0.491 e. The first-order chi connectivity index (χ1) is 14.8. The highest BCUT2D eigenvalue weighted by atomic mass is 32.1. The van der Waals surface area contributed by atoms with E-state index in [-0.39, 0.29) is 17.9 Å². The van der Waals surface area contributed by atoms with Crippen LogP contribution in [-0.4, -0.2) is 17.9 Å². The van der Waals surface area contributed by atoms with Crippen LogP contribution in [0.1, 0.15) is 29.9 Å². The zero-order valence-electron chi connectivity index (χ0n) is 17.9. The topological polar surface area (TPSA) is 58.6 Å². The molecule has 0 radical (unpaired) electrons. The minimum absolute atomic E-state index is 0.0431. The number of aryl methyl sites for hydroxylation is 2. The molecule has 0 bridgehead atoms. The highest BCUT2D eigenvalue weighted by molar-refractivity contribution is 7.11. The van der Waals surface area contributed by atoms with E-state index >= 15 is 0 Å². The van der Waals surface area contributed by atoms with Gasteiger partial charge in [0.05, 0.1) is 17.4 Å². The van der Waals surface area contributed by atoms with Gasteiger partial charge in [0.2, 0.25) is 0 Å². The minimum atomic E-state index is -0.370. The van der Waals surface area contributed by atoms with Gasteiger partial charge in [0.15, 0.2) is 0 Å². The monoisotopic (exact) mass is 432 g/mol. The van der Waals surface area contributed by atoms with E-state index in [4.69, 9.17) is 4.74 Å². The van der Waals surface area contributed by atoms with Gasteiger partial charge in [-0.15, -0.1) is 11.3 Å². The number of nitrogens with zero attached hydrogens (tertiary/aromatic N) is 1. The maximum Gasteiger partial charge on any atom is 0.282 e. The molecule has 4 rings (SSSR count). The van der Waals surface area contributed by atoms with E-state index in [0.29, 0.717) is 22.7 Å². The van der Waals surface area contributed by atoms with E-state index in [1.807, 2.05) is 63.4 Å². The van der Waals surface area contributed by atoms with Crippen molar-refractivity contribution in [2.75, 3.05) is 10.2 Å². The van der Waals surface area contributed by atoms with Crippen molar-refractivity contribution in [2.24, 2.45) is 0 Å². The van der Waals surface area contributed by atoms with E-state index in [9.17, 15) is 9.59 Å². The second-order valence-electron chi connectivity index (χ2n) is 7.78. The van der Waals surface area contributed by atoms with Gasteiger partial charge in [-0.2, -0.15) is 0 Å². The molecule has 0 spiro atoms. The third kappa shape index (κ3) is 4.11. The number of imide groups is 1. The highest BCUT2D eigenvalue weighted by Crippen LogP contribution is 2.36. The molecule has 0 saturated carbocycles. The summed E-state index contributed by atoms with van der Waals surface area (Å²) in [6.45, 7) is 7.90. The van der Waals surface area contributed by atoms with Gasteiger partial charge in [-0.1, -0.05) is 23.8 Å². The van der Waals surface area contributed by atoms with E-state index in [0.717, 1.165) is 21.7 Å². The fourth-order valence-electron chi connectivity index (χ4n) is 3.56. The molecule has 1 aliphatic heterocycles. The Bertz CT molecular complexity index is 1160. The normalized spacial score (nSPS) is 14.0. The first kappa shape index (κ1) is 20.9. The summed E-state index contributed by atoms with van der Waals surface area (Å²) in [6.07, 6.45) is 0.0431. The number of ether oxygens (including phenoxy) is 1. The fourth-order valence-corrected chi connectivity index (χ4v) is 4.33. The summed E-state index contributed by atoms with van der Waals surface area (Å²) in [6, 6.07) is 16.7. The summed E-state index contributed by atoms with van der Waals surface area (Å²) in [5.74, 6) is -0.0129. The lowest BCUT2D eigenvalue weighted by Gasteiger charge is -2.17. The summed E-state index contributed by atoms with van der Waals surface area (Å²) in [5, 5.41) is 5.14. The number of anilines is 2. The molecule has 2 heterocycles. The molecule has 6 heteroatoms. The summed E-state index contributed by atoms with van der Waals surface area (Å²) in [4.78, 5) is 28.8. The predicted molar refractivity (Wildman–Crippen MR) is 125 cm³/mol. The SMILES string of the molecule is Cc1ccc(NC2=C(c3cccs3)C(=O)N(c3ccc(OC(C)C)cc3)C2=O)c(C)c1. The maximum absolute atomic E-state index is 13.4. The molecule has 2 aromatic carbocycles. The van der Waals surface area contributed by atoms with Crippen LogP contribution in [0.2, 0.25) is 0 Å². The van der Waals surface area contributed by atoms with Crippen molar-refractivity contribution in [1.29, 1.82) is 0 Å². The molecular weight excluding hydrogens is 408 g/mol. The molecule has 3 aromatic rings. The van der Waals surface area contributed by atoms with Crippen molar-refractivity contribution in [3.63, 3.8) is 0 Å². The van der Waals surface area contributed by atoms with Crippen LogP contribution < -0.4 is 15.0 Å². The lowest BCUT2D eigenvalue weighted by atomic mass is 10.1. The van der Waals surface area contributed by atoms with Crippen LogP contribution in [0.25, 0.3) is 5.57 Å².